The molecule has 19 heavy (non-hydrogen) atoms. The van der Waals surface area contributed by atoms with Gasteiger partial charge in [-0.2, -0.15) is 4.31 Å². The summed E-state index contributed by atoms with van der Waals surface area (Å²) in [6, 6.07) is 8.17. The van der Waals surface area contributed by atoms with Crippen LogP contribution in [0.1, 0.15) is 44.7 Å². The maximum atomic E-state index is 12.4. The van der Waals surface area contributed by atoms with Crippen LogP contribution in [0.2, 0.25) is 0 Å². The Morgan fingerprint density at radius 2 is 1.95 bits per heavy atom. The molecule has 106 valence electrons. The molecule has 0 aliphatic carbocycles. The lowest BCUT2D eigenvalue weighted by molar-refractivity contribution is 0.299. The van der Waals surface area contributed by atoms with Crippen molar-refractivity contribution in [3.05, 3.63) is 35.4 Å². The summed E-state index contributed by atoms with van der Waals surface area (Å²) >= 11 is 0. The summed E-state index contributed by atoms with van der Waals surface area (Å²) in [5.74, 6) is 0.266. The number of unbranched alkanes of at least 4 members (excludes halogenated alkanes) is 1. The first-order valence-corrected chi connectivity index (χ1v) is 8.54. The molecule has 0 radical (unpaired) electrons. The molecule has 0 atom stereocenters. The molecule has 0 spiro atoms. The molecule has 0 fully saturated rings. The minimum atomic E-state index is -3.13. The molecular formula is C15H23NO2S. The molecule has 1 heterocycles. The Morgan fingerprint density at radius 3 is 2.63 bits per heavy atom. The van der Waals surface area contributed by atoms with Crippen LogP contribution in [0.15, 0.2) is 24.3 Å². The quantitative estimate of drug-likeness (QED) is 0.851. The predicted molar refractivity (Wildman–Crippen MR) is 78.6 cm³/mol. The van der Waals surface area contributed by atoms with E-state index < -0.39 is 10.0 Å². The molecule has 0 amide bonds. The fourth-order valence-corrected chi connectivity index (χ4v) is 4.51. The fraction of sp³-hybridized carbons (Fsp3) is 0.600. The van der Waals surface area contributed by atoms with Crippen LogP contribution in [0, 0.1) is 0 Å². The average Bonchev–Trinajstić information content (AvgIpc) is 2.35. The smallest absolute Gasteiger partial charge is 0.212 e. The summed E-state index contributed by atoms with van der Waals surface area (Å²) in [5.41, 5.74) is 2.30. The first-order valence-electron chi connectivity index (χ1n) is 6.93. The standard InChI is InChI=1S/C15H23NO2S/c1-4-5-10-19(17,18)16-11-13-8-6-7-9-14(13)15(2,3)12-16/h6-9H,4-5,10-12H2,1-3H3. The highest BCUT2D eigenvalue weighted by Crippen LogP contribution is 2.34. The number of nitrogens with zero attached hydrogens (tertiary/aromatic N) is 1. The van der Waals surface area contributed by atoms with Gasteiger partial charge in [0.2, 0.25) is 10.0 Å². The molecule has 1 aromatic carbocycles. The van der Waals surface area contributed by atoms with Crippen LogP contribution in [-0.2, 0) is 22.0 Å². The highest BCUT2D eigenvalue weighted by Gasteiger charge is 2.36. The molecule has 1 aliphatic heterocycles. The molecule has 3 nitrogen and oxygen atoms in total. The summed E-state index contributed by atoms with van der Waals surface area (Å²) in [6.07, 6.45) is 1.65. The van der Waals surface area contributed by atoms with E-state index in [0.717, 1.165) is 18.4 Å². The third kappa shape index (κ3) is 3.00. The fourth-order valence-electron chi connectivity index (χ4n) is 2.74. The second kappa shape index (κ2) is 5.25. The number of hydrogen-bond acceptors (Lipinski definition) is 2. The Kier molecular flexibility index (Phi) is 4.02. The summed E-state index contributed by atoms with van der Waals surface area (Å²) in [7, 11) is -3.13. The summed E-state index contributed by atoms with van der Waals surface area (Å²) in [6.45, 7) is 7.35. The van der Waals surface area contributed by atoms with Gasteiger partial charge in [0.25, 0.3) is 0 Å². The molecule has 1 aliphatic rings. The molecule has 2 rings (SSSR count). The molecule has 0 N–H and O–H groups in total. The van der Waals surface area contributed by atoms with Crippen molar-refractivity contribution in [1.29, 1.82) is 0 Å². The zero-order valence-electron chi connectivity index (χ0n) is 12.0. The van der Waals surface area contributed by atoms with Crippen LogP contribution in [0.25, 0.3) is 0 Å². The van der Waals surface area contributed by atoms with Gasteiger partial charge in [0.15, 0.2) is 0 Å². The Hall–Kier alpha value is -0.870. The second-order valence-corrected chi connectivity index (χ2v) is 8.07. The topological polar surface area (TPSA) is 37.4 Å². The minimum absolute atomic E-state index is 0.117. The van der Waals surface area contributed by atoms with Crippen molar-refractivity contribution >= 4 is 10.0 Å². The van der Waals surface area contributed by atoms with Crippen LogP contribution >= 0.6 is 0 Å². The van der Waals surface area contributed by atoms with Gasteiger partial charge < -0.3 is 0 Å². The molecule has 0 bridgehead atoms. The molecule has 0 aromatic heterocycles. The van der Waals surface area contributed by atoms with E-state index in [1.54, 1.807) is 4.31 Å². The predicted octanol–water partition coefficient (Wildman–Crippen LogP) is 2.91. The van der Waals surface area contributed by atoms with Gasteiger partial charge in [-0.15, -0.1) is 0 Å². The van der Waals surface area contributed by atoms with Gasteiger partial charge in [-0.3, -0.25) is 0 Å². The van der Waals surface area contributed by atoms with Gasteiger partial charge in [0, 0.05) is 18.5 Å². The van der Waals surface area contributed by atoms with Crippen molar-refractivity contribution in [3.8, 4) is 0 Å². The van der Waals surface area contributed by atoms with Crippen molar-refractivity contribution in [2.75, 3.05) is 12.3 Å². The van der Waals surface area contributed by atoms with Crippen LogP contribution in [0.4, 0.5) is 0 Å². The SMILES string of the molecule is CCCCS(=O)(=O)N1Cc2ccccc2C(C)(C)C1. The van der Waals surface area contributed by atoms with Gasteiger partial charge in [-0.25, -0.2) is 8.42 Å². The molecular weight excluding hydrogens is 258 g/mol. The summed E-state index contributed by atoms with van der Waals surface area (Å²) in [5, 5.41) is 0. The van der Waals surface area contributed by atoms with Crippen LogP contribution in [0.3, 0.4) is 0 Å². The lowest BCUT2D eigenvalue weighted by atomic mass is 9.79. The lowest BCUT2D eigenvalue weighted by Gasteiger charge is -2.39. The van der Waals surface area contributed by atoms with Crippen LogP contribution in [0.5, 0.6) is 0 Å². The first kappa shape index (κ1) is 14.5. The van der Waals surface area contributed by atoms with E-state index >= 15 is 0 Å². The molecule has 1 aromatic rings. The van der Waals surface area contributed by atoms with Crippen LogP contribution in [-0.4, -0.2) is 25.0 Å². The Balaban J connectivity index is 2.30. The molecule has 0 saturated carbocycles. The number of benzene rings is 1. The lowest BCUT2D eigenvalue weighted by Crippen LogP contribution is -2.45. The van der Waals surface area contributed by atoms with E-state index in [2.05, 4.69) is 19.9 Å². The third-order valence-corrected chi connectivity index (χ3v) is 5.66. The third-order valence-electron chi connectivity index (χ3n) is 3.81. The molecule has 4 heteroatoms. The van der Waals surface area contributed by atoms with Gasteiger partial charge in [0.1, 0.15) is 0 Å². The Bertz CT molecular complexity index is 549. The van der Waals surface area contributed by atoms with Crippen molar-refractivity contribution < 1.29 is 8.42 Å². The van der Waals surface area contributed by atoms with E-state index in [1.807, 2.05) is 25.1 Å². The highest BCUT2D eigenvalue weighted by atomic mass is 32.2. The second-order valence-electron chi connectivity index (χ2n) is 5.98. The zero-order valence-corrected chi connectivity index (χ0v) is 12.8. The van der Waals surface area contributed by atoms with E-state index in [0.29, 0.717) is 13.1 Å². The average molecular weight is 281 g/mol. The van der Waals surface area contributed by atoms with Crippen molar-refractivity contribution in [1.82, 2.24) is 4.31 Å². The molecule has 0 unspecified atom stereocenters. The Labute approximate surface area is 116 Å². The van der Waals surface area contributed by atoms with Gasteiger partial charge >= 0.3 is 0 Å². The Morgan fingerprint density at radius 1 is 1.26 bits per heavy atom. The number of rotatable bonds is 4. The monoisotopic (exact) mass is 281 g/mol. The summed E-state index contributed by atoms with van der Waals surface area (Å²) in [4.78, 5) is 0. The van der Waals surface area contributed by atoms with E-state index in [4.69, 9.17) is 0 Å². The van der Waals surface area contributed by atoms with Crippen molar-refractivity contribution in [3.63, 3.8) is 0 Å². The summed E-state index contributed by atoms with van der Waals surface area (Å²) < 4.78 is 26.4. The minimum Gasteiger partial charge on any atom is -0.212 e. The highest BCUT2D eigenvalue weighted by molar-refractivity contribution is 7.89. The number of fused-ring (bicyclic) bond motifs is 1. The van der Waals surface area contributed by atoms with E-state index in [9.17, 15) is 8.42 Å². The van der Waals surface area contributed by atoms with Crippen LogP contribution < -0.4 is 0 Å². The van der Waals surface area contributed by atoms with Crippen molar-refractivity contribution in [2.45, 2.75) is 45.6 Å². The van der Waals surface area contributed by atoms with Crippen molar-refractivity contribution in [2.24, 2.45) is 0 Å². The number of hydrogen-bond donors (Lipinski definition) is 0. The van der Waals surface area contributed by atoms with E-state index in [1.165, 1.54) is 5.56 Å². The largest absolute Gasteiger partial charge is 0.214 e. The van der Waals surface area contributed by atoms with Gasteiger partial charge in [-0.1, -0.05) is 51.5 Å². The normalized spacial score (nSPS) is 19.1. The first-order chi connectivity index (χ1) is 8.87. The van der Waals surface area contributed by atoms with E-state index in [-0.39, 0.29) is 11.2 Å². The van der Waals surface area contributed by atoms with Gasteiger partial charge in [0.05, 0.1) is 5.75 Å². The molecule has 0 saturated heterocycles. The number of sulfonamides is 1. The zero-order chi connectivity index (χ0) is 14.1. The van der Waals surface area contributed by atoms with Gasteiger partial charge in [-0.05, 0) is 17.5 Å². The maximum Gasteiger partial charge on any atom is 0.214 e. The maximum absolute atomic E-state index is 12.4.